The van der Waals surface area contributed by atoms with Gasteiger partial charge in [-0.25, -0.2) is 0 Å². The quantitative estimate of drug-likeness (QED) is 0.0439. The van der Waals surface area contributed by atoms with Crippen LogP contribution in [0.5, 0.6) is 0 Å². The van der Waals surface area contributed by atoms with Crippen LogP contribution in [-0.2, 0) is 14.9 Å². The fourth-order valence-corrected chi connectivity index (χ4v) is 5.41. The number of carbonyl (C=O) groups is 1. The summed E-state index contributed by atoms with van der Waals surface area (Å²) in [4.78, 5) is 12.4. The van der Waals surface area contributed by atoms with Gasteiger partial charge in [-0.2, -0.15) is 8.42 Å². The predicted molar refractivity (Wildman–Crippen MR) is 184 cm³/mol. The van der Waals surface area contributed by atoms with Crippen LogP contribution in [0.3, 0.4) is 0 Å². The Kier molecular flexibility index (Phi) is 28.7. The summed E-state index contributed by atoms with van der Waals surface area (Å²) in [6, 6.07) is -1.07. The molecule has 0 aromatic carbocycles. The molecule has 0 saturated carbocycles. The molecule has 0 fully saturated rings. The number of rotatable bonds is 29. The molecule has 0 spiro atoms. The van der Waals surface area contributed by atoms with Crippen LogP contribution in [-0.4, -0.2) is 41.9 Å². The van der Waals surface area contributed by atoms with Gasteiger partial charge in [0.25, 0.3) is 10.1 Å². The van der Waals surface area contributed by atoms with Gasteiger partial charge in [0.15, 0.2) is 0 Å². The Morgan fingerprint density at radius 2 is 1.12 bits per heavy atom. The number of carbonyl (C=O) groups excluding carboxylic acids is 1. The summed E-state index contributed by atoms with van der Waals surface area (Å²) in [5, 5.41) is 13.1. The van der Waals surface area contributed by atoms with E-state index in [1.807, 2.05) is 6.08 Å². The second kappa shape index (κ2) is 30.1. The largest absolute Gasteiger partial charge is 0.387 e. The molecular formula is C36H63NO5S. The van der Waals surface area contributed by atoms with Crippen molar-refractivity contribution in [3.05, 3.63) is 60.8 Å². The minimum Gasteiger partial charge on any atom is -0.387 e. The van der Waals surface area contributed by atoms with Gasteiger partial charge in [-0.3, -0.25) is 9.35 Å². The molecule has 0 heterocycles. The van der Waals surface area contributed by atoms with E-state index in [0.717, 1.165) is 70.6 Å². The number of unbranched alkanes of at least 4 members (excludes halogenated alkanes) is 13. The molecule has 0 aliphatic carbocycles. The lowest BCUT2D eigenvalue weighted by atomic mass is 10.1. The summed E-state index contributed by atoms with van der Waals surface area (Å²) in [5.74, 6) is -1.02. The smallest absolute Gasteiger partial charge is 0.267 e. The van der Waals surface area contributed by atoms with E-state index in [0.29, 0.717) is 6.42 Å². The first-order valence-corrected chi connectivity index (χ1v) is 18.6. The van der Waals surface area contributed by atoms with Crippen molar-refractivity contribution in [1.29, 1.82) is 0 Å². The van der Waals surface area contributed by atoms with Crippen LogP contribution in [0.25, 0.3) is 0 Å². The van der Waals surface area contributed by atoms with Crippen molar-refractivity contribution in [3.63, 3.8) is 0 Å². The molecule has 2 atom stereocenters. The number of nitrogens with one attached hydrogen (secondary N) is 1. The Bertz CT molecular complexity index is 905. The lowest BCUT2D eigenvalue weighted by molar-refractivity contribution is -0.122. The molecule has 0 aliphatic rings. The molecule has 0 aromatic rings. The standard InChI is InChI=1S/C36H63NO5S/c1-3-5-7-9-11-13-15-16-17-18-19-20-22-24-26-28-30-32-36(39)37-34(33-43(40,41)42)35(38)31-29-27-25-23-21-14-12-10-8-6-4-2/h5,7,11,13,16-17,19-20,29,31,34-35,38H,3-4,6,8-10,12,14-15,18,21-28,30,32-33H2,1-2H3,(H,37,39)(H,40,41,42)/b7-5-,13-11-,17-16-,20-19-,31-29+. The molecule has 7 heteroatoms. The molecule has 248 valence electrons. The topological polar surface area (TPSA) is 104 Å². The molecule has 0 aliphatic heterocycles. The third kappa shape index (κ3) is 31.3. The number of hydrogen-bond donors (Lipinski definition) is 3. The monoisotopic (exact) mass is 621 g/mol. The van der Waals surface area contributed by atoms with E-state index in [1.165, 1.54) is 51.0 Å². The summed E-state index contributed by atoms with van der Waals surface area (Å²) < 4.78 is 32.3. The fraction of sp³-hybridized carbons (Fsp3) is 0.694. The summed E-state index contributed by atoms with van der Waals surface area (Å²) in [6.45, 7) is 4.36. The van der Waals surface area contributed by atoms with Gasteiger partial charge < -0.3 is 10.4 Å². The number of aliphatic hydroxyl groups is 1. The minimum absolute atomic E-state index is 0.265. The van der Waals surface area contributed by atoms with E-state index < -0.39 is 28.0 Å². The summed E-state index contributed by atoms with van der Waals surface area (Å²) in [5.41, 5.74) is 0. The molecule has 0 bridgehead atoms. The highest BCUT2D eigenvalue weighted by molar-refractivity contribution is 7.85. The van der Waals surface area contributed by atoms with Gasteiger partial charge in [0.1, 0.15) is 0 Å². The zero-order valence-electron chi connectivity index (χ0n) is 27.3. The zero-order chi connectivity index (χ0) is 31.9. The SMILES string of the molecule is CC/C=C\C/C=C\C/C=C\C/C=C\CCCCCCC(=O)NC(CS(=O)(=O)O)C(O)/C=C/CCCCCCCCCCC. The summed E-state index contributed by atoms with van der Waals surface area (Å²) in [7, 11) is -4.35. The first-order chi connectivity index (χ1) is 20.8. The third-order valence-electron chi connectivity index (χ3n) is 7.20. The Morgan fingerprint density at radius 1 is 0.651 bits per heavy atom. The van der Waals surface area contributed by atoms with Gasteiger partial charge in [0.05, 0.1) is 17.9 Å². The number of hydrogen-bond acceptors (Lipinski definition) is 4. The molecule has 0 radical (unpaired) electrons. The number of aliphatic hydroxyl groups excluding tert-OH is 1. The third-order valence-corrected chi connectivity index (χ3v) is 7.98. The predicted octanol–water partition coefficient (Wildman–Crippen LogP) is 9.34. The van der Waals surface area contributed by atoms with E-state index in [1.54, 1.807) is 0 Å². The Labute approximate surface area is 264 Å². The highest BCUT2D eigenvalue weighted by Gasteiger charge is 2.24. The Balaban J connectivity index is 4.10. The van der Waals surface area contributed by atoms with Crippen LogP contribution in [0.15, 0.2) is 60.8 Å². The van der Waals surface area contributed by atoms with E-state index >= 15 is 0 Å². The highest BCUT2D eigenvalue weighted by Crippen LogP contribution is 2.12. The number of allylic oxidation sites excluding steroid dienone is 9. The number of amides is 1. The Hall–Kier alpha value is -1.96. The second-order valence-electron chi connectivity index (χ2n) is 11.4. The molecular weight excluding hydrogens is 558 g/mol. The zero-order valence-corrected chi connectivity index (χ0v) is 28.1. The van der Waals surface area contributed by atoms with Gasteiger partial charge in [-0.05, 0) is 57.8 Å². The fourth-order valence-electron chi connectivity index (χ4n) is 4.67. The van der Waals surface area contributed by atoms with Gasteiger partial charge >= 0.3 is 0 Å². The lowest BCUT2D eigenvalue weighted by Crippen LogP contribution is -2.46. The van der Waals surface area contributed by atoms with Crippen molar-refractivity contribution in [2.75, 3.05) is 5.75 Å². The first-order valence-electron chi connectivity index (χ1n) is 17.0. The lowest BCUT2D eigenvalue weighted by Gasteiger charge is -2.21. The average Bonchev–Trinajstić information content (AvgIpc) is 2.96. The molecule has 2 unspecified atom stereocenters. The normalized spacial score (nSPS) is 14.2. The molecule has 1 amide bonds. The Morgan fingerprint density at radius 3 is 1.65 bits per heavy atom. The van der Waals surface area contributed by atoms with Crippen molar-refractivity contribution in [2.24, 2.45) is 0 Å². The second-order valence-corrected chi connectivity index (χ2v) is 12.9. The van der Waals surface area contributed by atoms with Crippen molar-refractivity contribution in [2.45, 2.75) is 154 Å². The van der Waals surface area contributed by atoms with Crippen LogP contribution in [0, 0.1) is 0 Å². The summed E-state index contributed by atoms with van der Waals surface area (Å²) >= 11 is 0. The molecule has 3 N–H and O–H groups in total. The molecule has 0 rings (SSSR count). The molecule has 0 saturated heterocycles. The van der Waals surface area contributed by atoms with Crippen LogP contribution < -0.4 is 5.32 Å². The van der Waals surface area contributed by atoms with Crippen molar-refractivity contribution in [1.82, 2.24) is 5.32 Å². The summed E-state index contributed by atoms with van der Waals surface area (Å²) in [6.07, 6.45) is 40.5. The van der Waals surface area contributed by atoms with Crippen LogP contribution >= 0.6 is 0 Å². The van der Waals surface area contributed by atoms with Crippen molar-refractivity contribution >= 4 is 16.0 Å². The van der Waals surface area contributed by atoms with E-state index in [-0.39, 0.29) is 12.3 Å². The highest BCUT2D eigenvalue weighted by atomic mass is 32.2. The van der Waals surface area contributed by atoms with E-state index in [9.17, 15) is 22.9 Å². The van der Waals surface area contributed by atoms with Crippen molar-refractivity contribution in [3.8, 4) is 0 Å². The molecule has 0 aromatic heterocycles. The molecule has 6 nitrogen and oxygen atoms in total. The van der Waals surface area contributed by atoms with E-state index in [2.05, 4.69) is 67.8 Å². The average molecular weight is 622 g/mol. The van der Waals surface area contributed by atoms with Gasteiger partial charge in [0.2, 0.25) is 5.91 Å². The minimum atomic E-state index is -4.35. The van der Waals surface area contributed by atoms with Crippen LogP contribution in [0.4, 0.5) is 0 Å². The first kappa shape index (κ1) is 41.0. The van der Waals surface area contributed by atoms with Crippen molar-refractivity contribution < 1.29 is 22.9 Å². The van der Waals surface area contributed by atoms with Gasteiger partial charge in [-0.15, -0.1) is 0 Å². The maximum absolute atomic E-state index is 12.4. The van der Waals surface area contributed by atoms with E-state index in [4.69, 9.17) is 0 Å². The van der Waals surface area contributed by atoms with Gasteiger partial charge in [-0.1, -0.05) is 139 Å². The maximum Gasteiger partial charge on any atom is 0.267 e. The van der Waals surface area contributed by atoms with Gasteiger partial charge in [0, 0.05) is 6.42 Å². The maximum atomic E-state index is 12.4. The van der Waals surface area contributed by atoms with Crippen LogP contribution in [0.2, 0.25) is 0 Å². The van der Waals surface area contributed by atoms with Crippen LogP contribution in [0.1, 0.15) is 142 Å². The molecule has 43 heavy (non-hydrogen) atoms.